The van der Waals surface area contributed by atoms with Gasteiger partial charge in [0.2, 0.25) is 0 Å². The van der Waals surface area contributed by atoms with Gasteiger partial charge in [-0.1, -0.05) is 32.0 Å². The van der Waals surface area contributed by atoms with Crippen LogP contribution in [0.15, 0.2) is 41.5 Å². The zero-order valence-electron chi connectivity index (χ0n) is 31.6. The molecule has 280 valence electrons. The number of ketones is 1. The lowest BCUT2D eigenvalue weighted by atomic mass is 9.46. The van der Waals surface area contributed by atoms with Gasteiger partial charge in [-0.3, -0.25) is 19.2 Å². The van der Waals surface area contributed by atoms with Crippen molar-refractivity contribution in [3.8, 4) is 0 Å². The van der Waals surface area contributed by atoms with Crippen LogP contribution in [0.4, 0.5) is 0 Å². The molecule has 3 fully saturated rings. The first-order chi connectivity index (χ1) is 23.6. The van der Waals surface area contributed by atoms with Crippen LogP contribution in [0.5, 0.6) is 0 Å². The molecule has 12 heteroatoms. The lowest BCUT2D eigenvalue weighted by Crippen LogP contribution is -2.79. The zero-order chi connectivity index (χ0) is 38.1. The largest absolute Gasteiger partial charge is 0.461 e. The molecule has 9 atom stereocenters. The summed E-state index contributed by atoms with van der Waals surface area (Å²) >= 11 is 0. The molecule has 0 amide bonds. The van der Waals surface area contributed by atoms with Crippen molar-refractivity contribution in [1.29, 1.82) is 0 Å². The Kier molecular flexibility index (Phi) is 9.93. The Morgan fingerprint density at radius 3 is 2.10 bits per heavy atom. The van der Waals surface area contributed by atoms with Crippen LogP contribution in [0.25, 0.3) is 0 Å². The monoisotopic (exact) mass is 711 g/mol. The second kappa shape index (κ2) is 13.1. The minimum Gasteiger partial charge on any atom is -0.461 e. The number of hydrogen-bond acceptors (Lipinski definition) is 12. The number of aliphatic hydroxyl groups excluding tert-OH is 1. The van der Waals surface area contributed by atoms with Gasteiger partial charge in [0.05, 0.1) is 28.9 Å². The van der Waals surface area contributed by atoms with Crippen molar-refractivity contribution in [3.63, 3.8) is 0 Å². The van der Waals surface area contributed by atoms with E-state index in [-0.39, 0.29) is 25.0 Å². The van der Waals surface area contributed by atoms with Crippen molar-refractivity contribution in [2.45, 2.75) is 124 Å². The van der Waals surface area contributed by atoms with Crippen LogP contribution < -0.4 is 5.32 Å². The number of carbonyl (C=O) groups excluding carboxylic acids is 5. The average Bonchev–Trinajstić information content (AvgIpc) is 3.04. The highest BCUT2D eigenvalue weighted by atomic mass is 16.6. The molecule has 3 aliphatic carbocycles. The maximum atomic E-state index is 15.1. The van der Waals surface area contributed by atoms with Crippen molar-refractivity contribution in [2.24, 2.45) is 28.1 Å². The number of Topliss-reactive ketones (excluding diaryl/α,β-unsaturated/α-hetero) is 1. The number of rotatable bonds is 8. The van der Waals surface area contributed by atoms with Gasteiger partial charge in [-0.05, 0) is 83.7 Å². The molecule has 12 nitrogen and oxygen atoms in total. The van der Waals surface area contributed by atoms with Gasteiger partial charge in [-0.15, -0.1) is 0 Å². The van der Waals surface area contributed by atoms with Crippen molar-refractivity contribution in [2.75, 3.05) is 13.7 Å². The van der Waals surface area contributed by atoms with Gasteiger partial charge in [0.1, 0.15) is 30.5 Å². The molecule has 2 unspecified atom stereocenters. The molecule has 2 N–H and O–H groups in total. The van der Waals surface area contributed by atoms with Crippen LogP contribution in [-0.4, -0.2) is 90.1 Å². The number of benzene rings is 1. The molecule has 1 aromatic rings. The molecule has 2 saturated carbocycles. The van der Waals surface area contributed by atoms with Crippen molar-refractivity contribution >= 4 is 29.7 Å². The van der Waals surface area contributed by atoms with E-state index in [0.717, 1.165) is 0 Å². The molecule has 1 heterocycles. The predicted molar refractivity (Wildman–Crippen MR) is 184 cm³/mol. The summed E-state index contributed by atoms with van der Waals surface area (Å²) in [7, 11) is 1.76. The number of nitrogens with one attached hydrogen (secondary N) is 1. The SMILES string of the molecule is CNC(C)(C)C(C)(C)C(=O)O[C@H]1CC2[C@@H](OC(=O)c3ccccc3)C3[C@](C)(C(=O)[C@H](O)C(=C1C)C2(C)C)[C@@H](OC(C)=O)C[C@H]1OC[C@@]31OC(C)=O. The zero-order valence-corrected chi connectivity index (χ0v) is 31.6. The maximum Gasteiger partial charge on any atom is 0.338 e. The van der Waals surface area contributed by atoms with Gasteiger partial charge < -0.3 is 34.1 Å². The third-order valence-corrected chi connectivity index (χ3v) is 12.9. The molecule has 51 heavy (non-hydrogen) atoms. The second-order valence-corrected chi connectivity index (χ2v) is 16.5. The van der Waals surface area contributed by atoms with Crippen molar-refractivity contribution in [3.05, 3.63) is 47.0 Å². The molecule has 0 aromatic heterocycles. The van der Waals surface area contributed by atoms with E-state index in [1.807, 2.05) is 27.7 Å². The molecule has 2 bridgehead atoms. The van der Waals surface area contributed by atoms with E-state index in [9.17, 15) is 24.3 Å². The van der Waals surface area contributed by atoms with E-state index in [1.165, 1.54) is 13.8 Å². The summed E-state index contributed by atoms with van der Waals surface area (Å²) in [6.45, 7) is 16.8. The van der Waals surface area contributed by atoms with Crippen LogP contribution in [-0.2, 0) is 42.9 Å². The number of fused-ring (bicyclic) bond motifs is 5. The van der Waals surface area contributed by atoms with Gasteiger partial charge in [-0.25, -0.2) is 4.79 Å². The number of esters is 4. The maximum absolute atomic E-state index is 15.1. The van der Waals surface area contributed by atoms with Crippen molar-refractivity contribution in [1.82, 2.24) is 5.32 Å². The minimum absolute atomic E-state index is 0.000329. The second-order valence-electron chi connectivity index (χ2n) is 16.5. The molecule has 1 aliphatic heterocycles. The Balaban J connectivity index is 1.77. The first kappa shape index (κ1) is 38.6. The fourth-order valence-electron chi connectivity index (χ4n) is 9.05. The van der Waals surface area contributed by atoms with E-state index in [2.05, 4.69) is 5.32 Å². The highest BCUT2D eigenvalue weighted by molar-refractivity contribution is 5.94. The first-order valence-corrected chi connectivity index (χ1v) is 17.7. The molecule has 0 spiro atoms. The molecular formula is C39H53NO11. The summed E-state index contributed by atoms with van der Waals surface area (Å²) in [6, 6.07) is 8.38. The minimum atomic E-state index is -1.73. The molecule has 5 rings (SSSR count). The van der Waals surface area contributed by atoms with Crippen LogP contribution >= 0.6 is 0 Å². The molecular weight excluding hydrogens is 658 g/mol. The lowest BCUT2D eigenvalue weighted by Gasteiger charge is -2.66. The van der Waals surface area contributed by atoms with Gasteiger partial charge in [0.15, 0.2) is 11.4 Å². The number of hydrogen-bond donors (Lipinski definition) is 2. The molecule has 0 radical (unpaired) electrons. The van der Waals surface area contributed by atoms with Crippen molar-refractivity contribution < 1.29 is 52.8 Å². The Morgan fingerprint density at radius 2 is 1.57 bits per heavy atom. The molecule has 4 aliphatic rings. The predicted octanol–water partition coefficient (Wildman–Crippen LogP) is 4.11. The summed E-state index contributed by atoms with van der Waals surface area (Å²) in [5, 5.41) is 15.5. The highest BCUT2D eigenvalue weighted by Gasteiger charge is 2.76. The smallest absolute Gasteiger partial charge is 0.338 e. The standard InChI is InChI=1S/C39H53NO11/c1-20-25(49-34(46)36(6,7)37(8,9)40-11)17-24-30(50-33(45)23-15-13-12-14-16-23)31-38(10,32(44)29(43)28(20)35(24,4)5)26(48-21(2)41)18-27-39(31,19-47-27)51-22(3)42/h12-16,24-27,29-31,40,43H,17-19H2,1-11H3/t24?,25-,26-,27+,29+,30+,31?,38+,39-/m0/s1. The van der Waals surface area contributed by atoms with Crippen LogP contribution in [0.2, 0.25) is 0 Å². The first-order valence-electron chi connectivity index (χ1n) is 17.7. The summed E-state index contributed by atoms with van der Waals surface area (Å²) in [6.07, 6.45) is -5.63. The topological polar surface area (TPSA) is 164 Å². The normalized spacial score (nSPS) is 34.4. The molecule has 1 saturated heterocycles. The van der Waals surface area contributed by atoms with E-state index in [1.54, 1.807) is 65.1 Å². The Hall–Kier alpha value is -3.61. The number of carbonyl (C=O) groups is 5. The summed E-state index contributed by atoms with van der Waals surface area (Å²) in [4.78, 5) is 68.7. The summed E-state index contributed by atoms with van der Waals surface area (Å²) < 4.78 is 30.8. The highest BCUT2D eigenvalue weighted by Crippen LogP contribution is 2.63. The van der Waals surface area contributed by atoms with Gasteiger partial charge in [0, 0.05) is 31.7 Å². The summed E-state index contributed by atoms with van der Waals surface area (Å²) in [5.74, 6) is -5.03. The van der Waals surface area contributed by atoms with Gasteiger partial charge in [-0.2, -0.15) is 0 Å². The Morgan fingerprint density at radius 1 is 0.941 bits per heavy atom. The third-order valence-electron chi connectivity index (χ3n) is 12.9. The number of ether oxygens (including phenoxy) is 5. The van der Waals surface area contributed by atoms with Crippen LogP contribution in [0.1, 0.15) is 92.4 Å². The van der Waals surface area contributed by atoms with E-state index >= 15 is 4.79 Å². The van der Waals surface area contributed by atoms with Gasteiger partial charge in [0.25, 0.3) is 0 Å². The van der Waals surface area contributed by atoms with Crippen LogP contribution in [0.3, 0.4) is 0 Å². The third kappa shape index (κ3) is 6.00. The Labute approximate surface area is 299 Å². The Bertz CT molecular complexity index is 1630. The summed E-state index contributed by atoms with van der Waals surface area (Å²) in [5.41, 5.74) is -4.81. The van der Waals surface area contributed by atoms with E-state index < -0.39 is 99.4 Å². The fraction of sp³-hybridized carbons (Fsp3) is 0.667. The van der Waals surface area contributed by atoms with E-state index in [4.69, 9.17) is 23.7 Å². The number of aliphatic hydroxyl groups is 1. The average molecular weight is 712 g/mol. The molecule has 1 aromatic carbocycles. The lowest BCUT2D eigenvalue weighted by molar-refractivity contribution is -0.336. The fourth-order valence-corrected chi connectivity index (χ4v) is 9.05. The van der Waals surface area contributed by atoms with Gasteiger partial charge >= 0.3 is 23.9 Å². The quantitative estimate of drug-likeness (QED) is 0.226. The van der Waals surface area contributed by atoms with Crippen LogP contribution in [0, 0.1) is 28.1 Å². The van der Waals surface area contributed by atoms with E-state index in [0.29, 0.717) is 11.1 Å².